The Balaban J connectivity index is 1.76. The number of carbonyl (C=O) groups excluding carboxylic acids is 2. The first-order chi connectivity index (χ1) is 12.0. The van der Waals surface area contributed by atoms with Crippen LogP contribution in [0.4, 0.5) is 11.4 Å². The monoisotopic (exact) mass is 395 g/mol. The van der Waals surface area contributed by atoms with E-state index in [0.717, 1.165) is 0 Å². The highest BCUT2D eigenvalue weighted by Crippen LogP contribution is 2.32. The van der Waals surface area contributed by atoms with Crippen LogP contribution in [0.3, 0.4) is 0 Å². The molecule has 0 saturated carbocycles. The van der Waals surface area contributed by atoms with Gasteiger partial charge in [-0.3, -0.25) is 9.59 Å². The molecule has 25 heavy (non-hydrogen) atoms. The zero-order valence-electron chi connectivity index (χ0n) is 13.0. The van der Waals surface area contributed by atoms with Crippen molar-refractivity contribution in [2.24, 2.45) is 0 Å². The first kappa shape index (κ1) is 17.9. The maximum absolute atomic E-state index is 12.6. The van der Waals surface area contributed by atoms with E-state index in [-0.39, 0.29) is 27.5 Å². The Labute approximate surface area is 159 Å². The summed E-state index contributed by atoms with van der Waals surface area (Å²) in [5.41, 5.74) is 6.96. The van der Waals surface area contributed by atoms with Gasteiger partial charge in [-0.15, -0.1) is 11.8 Å². The number of nitrogens with one attached hydrogen (secondary N) is 1. The molecule has 0 aliphatic carbocycles. The molecule has 5 nitrogen and oxygen atoms in total. The normalized spacial score (nSPS) is 16.7. The summed E-state index contributed by atoms with van der Waals surface area (Å²) in [4.78, 5) is 26.8. The molecule has 0 radical (unpaired) electrons. The molecule has 1 fully saturated rings. The molecule has 1 heterocycles. The molecule has 1 aliphatic rings. The summed E-state index contributed by atoms with van der Waals surface area (Å²) in [7, 11) is 0. The average Bonchev–Trinajstić information content (AvgIpc) is 3.09. The predicted molar refractivity (Wildman–Crippen MR) is 103 cm³/mol. The van der Waals surface area contributed by atoms with Crippen molar-refractivity contribution in [2.75, 3.05) is 22.7 Å². The number of carbonyl (C=O) groups is 2. The summed E-state index contributed by atoms with van der Waals surface area (Å²) >= 11 is 13.5. The van der Waals surface area contributed by atoms with E-state index < -0.39 is 6.04 Å². The summed E-state index contributed by atoms with van der Waals surface area (Å²) in [6.45, 7) is 0. The number of halogens is 2. The van der Waals surface area contributed by atoms with Crippen LogP contribution in [0.5, 0.6) is 0 Å². The van der Waals surface area contributed by atoms with Crippen molar-refractivity contribution in [3.8, 4) is 0 Å². The van der Waals surface area contributed by atoms with Gasteiger partial charge in [0.1, 0.15) is 6.04 Å². The number of thioether (sulfide) groups is 1. The largest absolute Gasteiger partial charge is 0.396 e. The maximum atomic E-state index is 12.6. The van der Waals surface area contributed by atoms with Crippen LogP contribution in [0, 0.1) is 0 Å². The fraction of sp³-hybridized carbons (Fsp3) is 0.176. The molecule has 2 amide bonds. The first-order valence-electron chi connectivity index (χ1n) is 7.46. The lowest BCUT2D eigenvalue weighted by atomic mass is 10.1. The Morgan fingerprint density at radius 2 is 1.80 bits per heavy atom. The van der Waals surface area contributed by atoms with E-state index in [1.165, 1.54) is 23.9 Å². The number of hydrogen-bond acceptors (Lipinski definition) is 4. The van der Waals surface area contributed by atoms with Gasteiger partial charge in [-0.25, -0.2) is 0 Å². The highest BCUT2D eigenvalue weighted by Gasteiger charge is 2.35. The van der Waals surface area contributed by atoms with Gasteiger partial charge in [-0.05, 0) is 24.3 Å². The van der Waals surface area contributed by atoms with Crippen LogP contribution < -0.4 is 11.1 Å². The smallest absolute Gasteiger partial charge is 0.255 e. The van der Waals surface area contributed by atoms with Crippen molar-refractivity contribution in [1.82, 2.24) is 4.90 Å². The number of nitrogen functional groups attached to an aromatic ring is 1. The quantitative estimate of drug-likeness (QED) is 0.776. The molecule has 3 N–H and O–H groups in total. The van der Waals surface area contributed by atoms with Gasteiger partial charge in [-0.2, -0.15) is 0 Å². The van der Waals surface area contributed by atoms with Crippen LogP contribution >= 0.6 is 35.0 Å². The zero-order chi connectivity index (χ0) is 18.0. The Morgan fingerprint density at radius 3 is 2.44 bits per heavy atom. The molecule has 2 aromatic carbocycles. The van der Waals surface area contributed by atoms with Crippen LogP contribution in [-0.2, 0) is 4.79 Å². The number of rotatable bonds is 3. The predicted octanol–water partition coefficient (Wildman–Crippen LogP) is 3.73. The number of anilines is 2. The number of nitrogens with zero attached hydrogens (tertiary/aromatic N) is 1. The minimum absolute atomic E-state index is 0.167. The van der Waals surface area contributed by atoms with Gasteiger partial charge in [0.25, 0.3) is 5.91 Å². The molecule has 1 saturated heterocycles. The van der Waals surface area contributed by atoms with Crippen LogP contribution in [-0.4, -0.2) is 34.4 Å². The van der Waals surface area contributed by atoms with Crippen molar-refractivity contribution >= 4 is 58.2 Å². The molecule has 0 bridgehead atoms. The minimum atomic E-state index is -0.562. The lowest BCUT2D eigenvalue weighted by molar-refractivity contribution is -0.119. The van der Waals surface area contributed by atoms with Crippen molar-refractivity contribution in [1.29, 1.82) is 0 Å². The third-order valence-electron chi connectivity index (χ3n) is 3.81. The van der Waals surface area contributed by atoms with Crippen molar-refractivity contribution in [3.05, 3.63) is 58.1 Å². The lowest BCUT2D eigenvalue weighted by Crippen LogP contribution is -2.44. The van der Waals surface area contributed by atoms with Gasteiger partial charge in [0.15, 0.2) is 0 Å². The molecular weight excluding hydrogens is 381 g/mol. The Morgan fingerprint density at radius 1 is 1.16 bits per heavy atom. The van der Waals surface area contributed by atoms with Crippen LogP contribution in [0.15, 0.2) is 42.5 Å². The molecule has 1 atom stereocenters. The Kier molecular flexibility index (Phi) is 5.42. The van der Waals surface area contributed by atoms with E-state index in [0.29, 0.717) is 22.9 Å². The fourth-order valence-corrected chi connectivity index (χ4v) is 4.13. The van der Waals surface area contributed by atoms with E-state index in [4.69, 9.17) is 28.9 Å². The molecule has 0 aromatic heterocycles. The number of hydrogen-bond donors (Lipinski definition) is 2. The summed E-state index contributed by atoms with van der Waals surface area (Å²) < 4.78 is 0. The minimum Gasteiger partial charge on any atom is -0.396 e. The third kappa shape index (κ3) is 3.86. The van der Waals surface area contributed by atoms with E-state index in [2.05, 4.69) is 5.32 Å². The average molecular weight is 396 g/mol. The van der Waals surface area contributed by atoms with Crippen molar-refractivity contribution in [2.45, 2.75) is 6.04 Å². The standard InChI is InChI=1S/C17H15Cl2N3O2S/c18-12-6-11(7-13(19)15(12)20)21-16(23)14-8-25-9-22(14)17(24)10-4-2-1-3-5-10/h1-7,14H,8-9,20H2,(H,21,23)/t14-/m1/s1. The molecule has 3 rings (SSSR count). The second-order valence-electron chi connectivity index (χ2n) is 5.50. The van der Waals surface area contributed by atoms with E-state index in [9.17, 15) is 9.59 Å². The molecule has 2 aromatic rings. The SMILES string of the molecule is Nc1c(Cl)cc(NC(=O)[C@H]2CSCN2C(=O)c2ccccc2)cc1Cl. The van der Waals surface area contributed by atoms with Crippen molar-refractivity contribution < 1.29 is 9.59 Å². The Hall–Kier alpha value is -1.89. The highest BCUT2D eigenvalue weighted by atomic mass is 35.5. The van der Waals surface area contributed by atoms with Gasteiger partial charge in [-0.1, -0.05) is 41.4 Å². The van der Waals surface area contributed by atoms with Gasteiger partial charge in [0.05, 0.1) is 21.6 Å². The highest BCUT2D eigenvalue weighted by molar-refractivity contribution is 7.99. The van der Waals surface area contributed by atoms with Gasteiger partial charge in [0, 0.05) is 17.0 Å². The van der Waals surface area contributed by atoms with Crippen LogP contribution in [0.2, 0.25) is 10.0 Å². The fourth-order valence-electron chi connectivity index (χ4n) is 2.49. The van der Waals surface area contributed by atoms with Gasteiger partial charge < -0.3 is 16.0 Å². The van der Waals surface area contributed by atoms with Crippen LogP contribution in [0.25, 0.3) is 0 Å². The molecule has 1 aliphatic heterocycles. The van der Waals surface area contributed by atoms with Crippen LogP contribution in [0.1, 0.15) is 10.4 Å². The number of nitrogens with two attached hydrogens (primary N) is 1. The van der Waals surface area contributed by atoms with Gasteiger partial charge >= 0.3 is 0 Å². The summed E-state index contributed by atoms with van der Waals surface area (Å²) in [6.07, 6.45) is 0. The second kappa shape index (κ2) is 7.56. The van der Waals surface area contributed by atoms with E-state index >= 15 is 0 Å². The second-order valence-corrected chi connectivity index (χ2v) is 7.31. The maximum Gasteiger partial charge on any atom is 0.255 e. The molecule has 0 spiro atoms. The third-order valence-corrected chi connectivity index (χ3v) is 5.45. The first-order valence-corrected chi connectivity index (χ1v) is 9.37. The summed E-state index contributed by atoms with van der Waals surface area (Å²) in [5, 5.41) is 3.29. The Bertz CT molecular complexity index is 794. The molecular formula is C17H15Cl2N3O2S. The number of benzene rings is 2. The number of amides is 2. The molecule has 130 valence electrons. The summed E-state index contributed by atoms with van der Waals surface area (Å²) in [5.74, 6) is 0.543. The van der Waals surface area contributed by atoms with E-state index in [1.807, 2.05) is 6.07 Å². The van der Waals surface area contributed by atoms with Gasteiger partial charge in [0.2, 0.25) is 5.91 Å². The summed E-state index contributed by atoms with van der Waals surface area (Å²) in [6, 6.07) is 11.4. The van der Waals surface area contributed by atoms with E-state index in [1.54, 1.807) is 29.2 Å². The lowest BCUT2D eigenvalue weighted by Gasteiger charge is -2.23. The molecule has 8 heteroatoms. The zero-order valence-corrected chi connectivity index (χ0v) is 15.4. The molecule has 0 unspecified atom stereocenters. The topological polar surface area (TPSA) is 75.4 Å². The van der Waals surface area contributed by atoms with Crippen molar-refractivity contribution in [3.63, 3.8) is 0 Å².